The molecular weight excluding hydrogens is 443 g/mol. The molecule has 2 aromatic rings. The van der Waals surface area contributed by atoms with Gasteiger partial charge in [-0.1, -0.05) is 6.07 Å². The number of hydrogen-bond acceptors (Lipinski definition) is 4. The van der Waals surface area contributed by atoms with Gasteiger partial charge in [-0.2, -0.15) is 5.10 Å². The molecule has 8 heteroatoms. The van der Waals surface area contributed by atoms with Gasteiger partial charge in [-0.3, -0.25) is 9.67 Å². The molecular formula is C18H29IN6O. The number of guanidine groups is 1. The van der Waals surface area contributed by atoms with Crippen LogP contribution in [0.5, 0.6) is 0 Å². The van der Waals surface area contributed by atoms with E-state index >= 15 is 0 Å². The van der Waals surface area contributed by atoms with Gasteiger partial charge in [-0.15, -0.1) is 24.0 Å². The quantitative estimate of drug-likeness (QED) is 0.240. The Hall–Kier alpha value is -1.68. The molecule has 0 bridgehead atoms. The van der Waals surface area contributed by atoms with Crippen molar-refractivity contribution < 1.29 is 4.74 Å². The van der Waals surface area contributed by atoms with Crippen molar-refractivity contribution >= 4 is 29.9 Å². The highest BCUT2D eigenvalue weighted by atomic mass is 127. The molecule has 0 aromatic carbocycles. The molecule has 26 heavy (non-hydrogen) atoms. The zero-order chi connectivity index (χ0) is 17.7. The van der Waals surface area contributed by atoms with Gasteiger partial charge in [0.15, 0.2) is 5.96 Å². The van der Waals surface area contributed by atoms with Gasteiger partial charge in [0.1, 0.15) is 0 Å². The molecule has 0 atom stereocenters. The predicted molar refractivity (Wildman–Crippen MR) is 115 cm³/mol. The molecule has 7 nitrogen and oxygen atoms in total. The summed E-state index contributed by atoms with van der Waals surface area (Å²) in [7, 11) is 1.91. The fourth-order valence-corrected chi connectivity index (χ4v) is 2.28. The number of hydrogen-bond donors (Lipinski definition) is 2. The van der Waals surface area contributed by atoms with Gasteiger partial charge >= 0.3 is 0 Å². The normalized spacial score (nSPS) is 11.1. The average molecular weight is 472 g/mol. The first kappa shape index (κ1) is 22.4. The summed E-state index contributed by atoms with van der Waals surface area (Å²) in [6.07, 6.45) is 7.43. The van der Waals surface area contributed by atoms with Crippen molar-refractivity contribution in [1.82, 2.24) is 25.4 Å². The maximum absolute atomic E-state index is 5.37. The lowest BCUT2D eigenvalue weighted by molar-refractivity contribution is 0.145. The third-order valence-electron chi connectivity index (χ3n) is 3.54. The molecule has 2 aromatic heterocycles. The van der Waals surface area contributed by atoms with Crippen molar-refractivity contribution in [3.8, 4) is 0 Å². The second-order valence-corrected chi connectivity index (χ2v) is 5.66. The molecule has 2 heterocycles. The van der Waals surface area contributed by atoms with Crippen molar-refractivity contribution in [3.05, 3.63) is 48.0 Å². The smallest absolute Gasteiger partial charge is 0.191 e. The number of halogens is 1. The van der Waals surface area contributed by atoms with Crippen LogP contribution in [0, 0.1) is 0 Å². The average Bonchev–Trinajstić information content (AvgIpc) is 3.05. The lowest BCUT2D eigenvalue weighted by Gasteiger charge is -2.12. The van der Waals surface area contributed by atoms with E-state index in [0.717, 1.165) is 56.4 Å². The molecule has 0 unspecified atom stereocenters. The molecule has 0 aliphatic heterocycles. The number of rotatable bonds is 10. The Labute approximate surface area is 172 Å². The Morgan fingerprint density at radius 2 is 2.12 bits per heavy atom. The van der Waals surface area contributed by atoms with Gasteiger partial charge < -0.3 is 15.4 Å². The summed E-state index contributed by atoms with van der Waals surface area (Å²) in [4.78, 5) is 8.98. The minimum atomic E-state index is 0. The van der Waals surface area contributed by atoms with E-state index in [1.54, 1.807) is 4.68 Å². The van der Waals surface area contributed by atoms with Crippen molar-refractivity contribution in [1.29, 1.82) is 0 Å². The van der Waals surface area contributed by atoms with Crippen LogP contribution in [0.3, 0.4) is 0 Å². The van der Waals surface area contributed by atoms with E-state index in [9.17, 15) is 0 Å². The predicted octanol–water partition coefficient (Wildman–Crippen LogP) is 2.14. The van der Waals surface area contributed by atoms with E-state index in [1.807, 2.05) is 50.8 Å². The first-order valence-electron chi connectivity index (χ1n) is 8.75. The minimum Gasteiger partial charge on any atom is -0.382 e. The topological polar surface area (TPSA) is 76.4 Å². The maximum atomic E-state index is 5.37. The lowest BCUT2D eigenvalue weighted by Crippen LogP contribution is -2.39. The van der Waals surface area contributed by atoms with Gasteiger partial charge in [0, 0.05) is 63.4 Å². The van der Waals surface area contributed by atoms with Crippen LogP contribution in [-0.4, -0.2) is 47.0 Å². The summed E-state index contributed by atoms with van der Waals surface area (Å²) in [6, 6.07) is 5.97. The summed E-state index contributed by atoms with van der Waals surface area (Å²) in [5.41, 5.74) is 2.15. The number of aliphatic imine (C=N–C) groups is 1. The first-order valence-corrected chi connectivity index (χ1v) is 8.75. The molecule has 0 spiro atoms. The van der Waals surface area contributed by atoms with E-state index in [4.69, 9.17) is 4.74 Å². The Morgan fingerprint density at radius 1 is 1.27 bits per heavy atom. The van der Waals surface area contributed by atoms with E-state index in [0.29, 0.717) is 6.54 Å². The van der Waals surface area contributed by atoms with Gasteiger partial charge in [-0.25, -0.2) is 4.99 Å². The summed E-state index contributed by atoms with van der Waals surface area (Å²) in [6.45, 7) is 5.72. The van der Waals surface area contributed by atoms with E-state index in [2.05, 4.69) is 25.7 Å². The number of nitrogens with one attached hydrogen (secondary N) is 2. The van der Waals surface area contributed by atoms with Crippen LogP contribution in [0.2, 0.25) is 0 Å². The van der Waals surface area contributed by atoms with Crippen molar-refractivity contribution in [2.24, 2.45) is 12.0 Å². The summed E-state index contributed by atoms with van der Waals surface area (Å²) < 4.78 is 7.15. The maximum Gasteiger partial charge on any atom is 0.191 e. The van der Waals surface area contributed by atoms with E-state index in [-0.39, 0.29) is 24.0 Å². The Bertz CT molecular complexity index is 632. The fraction of sp³-hybridized carbons (Fsp3) is 0.500. The van der Waals surface area contributed by atoms with Crippen LogP contribution in [0.15, 0.2) is 41.8 Å². The molecule has 0 aliphatic carbocycles. The number of ether oxygens (including phenoxy) is 1. The van der Waals surface area contributed by atoms with Crippen LogP contribution >= 0.6 is 24.0 Å². The van der Waals surface area contributed by atoms with Gasteiger partial charge in [0.2, 0.25) is 0 Å². The first-order chi connectivity index (χ1) is 12.3. The fourth-order valence-electron chi connectivity index (χ4n) is 2.28. The molecule has 2 rings (SSSR count). The molecule has 0 amide bonds. The molecule has 144 valence electrons. The SMILES string of the molecule is CCOCCCNC(=NCc1cnn(C)c1)NCCc1ccccn1.I. The molecule has 0 saturated heterocycles. The van der Waals surface area contributed by atoms with Crippen molar-refractivity contribution in [3.63, 3.8) is 0 Å². The third kappa shape index (κ3) is 9.14. The third-order valence-corrected chi connectivity index (χ3v) is 3.54. The molecule has 2 N–H and O–H groups in total. The van der Waals surface area contributed by atoms with Crippen LogP contribution in [0.25, 0.3) is 0 Å². The summed E-state index contributed by atoms with van der Waals surface area (Å²) in [5, 5.41) is 10.9. The minimum absolute atomic E-state index is 0. The molecule has 0 fully saturated rings. The van der Waals surface area contributed by atoms with Crippen LogP contribution < -0.4 is 10.6 Å². The monoisotopic (exact) mass is 472 g/mol. The van der Waals surface area contributed by atoms with E-state index < -0.39 is 0 Å². The number of aryl methyl sites for hydroxylation is 1. The number of pyridine rings is 1. The van der Waals surface area contributed by atoms with Crippen LogP contribution in [-0.2, 0) is 24.8 Å². The van der Waals surface area contributed by atoms with Gasteiger partial charge in [0.05, 0.1) is 12.7 Å². The highest BCUT2D eigenvalue weighted by Gasteiger charge is 2.01. The number of aromatic nitrogens is 3. The summed E-state index contributed by atoms with van der Waals surface area (Å²) >= 11 is 0. The summed E-state index contributed by atoms with van der Waals surface area (Å²) in [5.74, 6) is 0.802. The van der Waals surface area contributed by atoms with E-state index in [1.165, 1.54) is 0 Å². The Balaban J connectivity index is 0.00000338. The second-order valence-electron chi connectivity index (χ2n) is 5.66. The highest BCUT2D eigenvalue weighted by Crippen LogP contribution is 1.98. The largest absolute Gasteiger partial charge is 0.382 e. The zero-order valence-electron chi connectivity index (χ0n) is 15.5. The zero-order valence-corrected chi connectivity index (χ0v) is 17.8. The number of nitrogens with zero attached hydrogens (tertiary/aromatic N) is 4. The Morgan fingerprint density at radius 3 is 2.81 bits per heavy atom. The van der Waals surface area contributed by atoms with Crippen LogP contribution in [0.4, 0.5) is 0 Å². The van der Waals surface area contributed by atoms with Gasteiger partial charge in [-0.05, 0) is 25.5 Å². The second kappa shape index (κ2) is 13.5. The highest BCUT2D eigenvalue weighted by molar-refractivity contribution is 14.0. The van der Waals surface area contributed by atoms with Crippen LogP contribution in [0.1, 0.15) is 24.6 Å². The molecule has 0 aliphatic rings. The van der Waals surface area contributed by atoms with Crippen molar-refractivity contribution in [2.45, 2.75) is 26.3 Å². The lowest BCUT2D eigenvalue weighted by atomic mass is 10.3. The molecule has 0 saturated carbocycles. The van der Waals surface area contributed by atoms with Gasteiger partial charge in [0.25, 0.3) is 0 Å². The molecule has 0 radical (unpaired) electrons. The van der Waals surface area contributed by atoms with Crippen molar-refractivity contribution in [2.75, 3.05) is 26.3 Å². The Kier molecular flexibility index (Phi) is 11.6. The standard InChI is InChI=1S/C18H28N6O.HI/c1-3-25-12-6-10-20-18(22-13-16-14-23-24(2)15-16)21-11-8-17-7-4-5-9-19-17;/h4-5,7,9,14-15H,3,6,8,10-13H2,1-2H3,(H2,20,21,22);1H.